The van der Waals surface area contributed by atoms with Gasteiger partial charge in [0.2, 0.25) is 0 Å². The molecule has 0 aromatic carbocycles. The first kappa shape index (κ1) is 17.7. The van der Waals surface area contributed by atoms with Gasteiger partial charge in [0, 0.05) is 20.6 Å². The molecule has 0 aliphatic rings. The van der Waals surface area contributed by atoms with Gasteiger partial charge in [0.25, 0.3) is 0 Å². The summed E-state index contributed by atoms with van der Waals surface area (Å²) in [6.45, 7) is 7.04. The van der Waals surface area contributed by atoms with E-state index in [0.717, 1.165) is 13.0 Å². The topological polar surface area (TPSA) is 65.0 Å². The highest BCUT2D eigenvalue weighted by atomic mass is 16.6. The molecule has 5 nitrogen and oxygen atoms in total. The van der Waals surface area contributed by atoms with Crippen LogP contribution in [0.15, 0.2) is 0 Å². The van der Waals surface area contributed by atoms with E-state index < -0.39 is 0 Å². The van der Waals surface area contributed by atoms with Crippen molar-refractivity contribution in [1.29, 1.82) is 0 Å². The Kier molecular flexibility index (Phi) is 15.9. The lowest BCUT2D eigenvalue weighted by Crippen LogP contribution is -2.17. The summed E-state index contributed by atoms with van der Waals surface area (Å²) in [6.07, 6.45) is 0.896. The highest BCUT2D eigenvalue weighted by Gasteiger charge is 2.02. The number of hydrogen-bond donors (Lipinski definition) is 1. The van der Waals surface area contributed by atoms with Crippen molar-refractivity contribution in [3.63, 3.8) is 0 Å². The second kappa shape index (κ2) is 14.3. The van der Waals surface area contributed by atoms with E-state index in [-0.39, 0.29) is 18.7 Å². The summed E-state index contributed by atoms with van der Waals surface area (Å²) >= 11 is 0. The molecule has 0 rings (SSSR count). The molecule has 0 fully saturated rings. The first-order chi connectivity index (χ1) is 7.58. The number of methoxy groups -OCH3 is 1. The molecule has 1 unspecified atom stereocenters. The first-order valence-corrected chi connectivity index (χ1v) is 5.43. The predicted octanol–water partition coefficient (Wildman–Crippen LogP) is 0.990. The van der Waals surface area contributed by atoms with Crippen molar-refractivity contribution in [2.45, 2.75) is 33.3 Å². The van der Waals surface area contributed by atoms with E-state index in [9.17, 15) is 4.79 Å². The highest BCUT2D eigenvalue weighted by Crippen LogP contribution is 1.90. The molecule has 1 N–H and O–H groups in total. The van der Waals surface area contributed by atoms with E-state index in [1.165, 1.54) is 6.92 Å². The summed E-state index contributed by atoms with van der Waals surface area (Å²) in [4.78, 5) is 10.3. The molecule has 98 valence electrons. The Morgan fingerprint density at radius 2 is 2.00 bits per heavy atom. The number of carbonyl (C=O) groups is 1. The fraction of sp³-hybridized carbons (Fsp3) is 0.909. The Labute approximate surface area is 97.7 Å². The lowest BCUT2D eigenvalue weighted by atomic mass is 10.4. The Morgan fingerprint density at radius 3 is 2.38 bits per heavy atom. The zero-order chi connectivity index (χ0) is 12.8. The van der Waals surface area contributed by atoms with Gasteiger partial charge in [0.05, 0.1) is 19.8 Å². The van der Waals surface area contributed by atoms with Crippen molar-refractivity contribution in [2.75, 3.05) is 33.5 Å². The molecule has 0 saturated carbocycles. The molecule has 0 heterocycles. The van der Waals surface area contributed by atoms with Crippen molar-refractivity contribution in [3.8, 4) is 0 Å². The summed E-state index contributed by atoms with van der Waals surface area (Å²) in [5.41, 5.74) is 0. The smallest absolute Gasteiger partial charge is 0.302 e. The standard InChI is InChI=1S/C6H12O3.C5H12O2/c1-5(4-8-3)9-6(2)7;1-2-4-7-5-3-6/h5H,4H2,1-3H3;6H,2-5H2,1H3. The van der Waals surface area contributed by atoms with Crippen molar-refractivity contribution >= 4 is 5.97 Å². The van der Waals surface area contributed by atoms with Gasteiger partial charge in [-0.15, -0.1) is 0 Å². The van der Waals surface area contributed by atoms with Crippen LogP contribution < -0.4 is 0 Å². The molecule has 0 bridgehead atoms. The number of carbonyl (C=O) groups excluding carboxylic acids is 1. The second-order valence-electron chi connectivity index (χ2n) is 3.21. The number of ether oxygens (including phenoxy) is 3. The van der Waals surface area contributed by atoms with Crippen molar-refractivity contribution in [2.24, 2.45) is 0 Å². The van der Waals surface area contributed by atoms with Crippen molar-refractivity contribution in [3.05, 3.63) is 0 Å². The molecule has 0 aliphatic heterocycles. The Bertz CT molecular complexity index is 145. The minimum atomic E-state index is -0.264. The van der Waals surface area contributed by atoms with Crippen LogP contribution >= 0.6 is 0 Å². The van der Waals surface area contributed by atoms with Gasteiger partial charge in [-0.1, -0.05) is 6.92 Å². The van der Waals surface area contributed by atoms with Crippen LogP contribution in [0.5, 0.6) is 0 Å². The van der Waals surface area contributed by atoms with Gasteiger partial charge in [-0.2, -0.15) is 0 Å². The van der Waals surface area contributed by atoms with Gasteiger partial charge in [0.15, 0.2) is 0 Å². The zero-order valence-corrected chi connectivity index (χ0v) is 10.7. The molecule has 0 aromatic rings. The monoisotopic (exact) mass is 236 g/mol. The fourth-order valence-corrected chi connectivity index (χ4v) is 0.863. The predicted molar refractivity (Wildman–Crippen MR) is 61.3 cm³/mol. The molecular weight excluding hydrogens is 212 g/mol. The van der Waals surface area contributed by atoms with Crippen LogP contribution in [0.1, 0.15) is 27.2 Å². The fourth-order valence-electron chi connectivity index (χ4n) is 0.863. The normalized spacial score (nSPS) is 11.3. The molecule has 0 radical (unpaired) electrons. The summed E-state index contributed by atoms with van der Waals surface area (Å²) in [5, 5.41) is 8.17. The Hall–Kier alpha value is -0.650. The summed E-state index contributed by atoms with van der Waals surface area (Å²) in [6, 6.07) is 0. The van der Waals surface area contributed by atoms with Crippen LogP contribution in [0.2, 0.25) is 0 Å². The molecule has 16 heavy (non-hydrogen) atoms. The Balaban J connectivity index is 0. The average Bonchev–Trinajstić information content (AvgIpc) is 2.18. The van der Waals surface area contributed by atoms with E-state index in [0.29, 0.717) is 13.2 Å². The molecular formula is C11H24O5. The Morgan fingerprint density at radius 1 is 1.38 bits per heavy atom. The van der Waals surface area contributed by atoms with Crippen molar-refractivity contribution < 1.29 is 24.1 Å². The second-order valence-corrected chi connectivity index (χ2v) is 3.21. The van der Waals surface area contributed by atoms with Gasteiger partial charge in [-0.25, -0.2) is 0 Å². The van der Waals surface area contributed by atoms with Gasteiger partial charge >= 0.3 is 5.97 Å². The third-order valence-electron chi connectivity index (χ3n) is 1.35. The number of aliphatic hydroxyl groups is 1. The lowest BCUT2D eigenvalue weighted by Gasteiger charge is -2.08. The molecule has 0 aliphatic carbocycles. The van der Waals surface area contributed by atoms with Gasteiger partial charge in [0.1, 0.15) is 6.10 Å². The minimum absolute atomic E-state index is 0.132. The van der Waals surface area contributed by atoms with E-state index >= 15 is 0 Å². The van der Waals surface area contributed by atoms with Crippen LogP contribution in [0.3, 0.4) is 0 Å². The summed E-state index contributed by atoms with van der Waals surface area (Å²) in [5.74, 6) is -0.264. The van der Waals surface area contributed by atoms with E-state index in [2.05, 4.69) is 0 Å². The number of hydrogen-bond acceptors (Lipinski definition) is 5. The number of aliphatic hydroxyl groups excluding tert-OH is 1. The molecule has 0 aromatic heterocycles. The average molecular weight is 236 g/mol. The third kappa shape index (κ3) is 19.0. The van der Waals surface area contributed by atoms with Crippen LogP contribution in [-0.2, 0) is 19.0 Å². The van der Waals surface area contributed by atoms with Crippen LogP contribution in [0.4, 0.5) is 0 Å². The summed E-state index contributed by atoms with van der Waals surface area (Å²) < 4.78 is 14.3. The van der Waals surface area contributed by atoms with E-state index in [1.54, 1.807) is 14.0 Å². The van der Waals surface area contributed by atoms with Crippen LogP contribution in [0, 0.1) is 0 Å². The van der Waals surface area contributed by atoms with Gasteiger partial charge in [-0.3, -0.25) is 4.79 Å². The largest absolute Gasteiger partial charge is 0.460 e. The molecule has 0 amide bonds. The highest BCUT2D eigenvalue weighted by molar-refractivity contribution is 5.66. The molecule has 5 heteroatoms. The molecule has 0 spiro atoms. The first-order valence-electron chi connectivity index (χ1n) is 5.43. The SMILES string of the molecule is CCCOCCO.COCC(C)OC(C)=O. The zero-order valence-electron chi connectivity index (χ0n) is 10.7. The summed E-state index contributed by atoms with van der Waals surface area (Å²) in [7, 11) is 1.57. The number of esters is 1. The van der Waals surface area contributed by atoms with Crippen LogP contribution in [0.25, 0.3) is 0 Å². The number of rotatable bonds is 7. The maximum absolute atomic E-state index is 10.3. The lowest BCUT2D eigenvalue weighted by molar-refractivity contribution is -0.147. The quantitative estimate of drug-likeness (QED) is 0.527. The molecule has 0 saturated heterocycles. The molecule has 1 atom stereocenters. The minimum Gasteiger partial charge on any atom is -0.460 e. The van der Waals surface area contributed by atoms with E-state index in [4.69, 9.17) is 19.3 Å². The maximum atomic E-state index is 10.3. The maximum Gasteiger partial charge on any atom is 0.302 e. The van der Waals surface area contributed by atoms with Gasteiger partial charge in [-0.05, 0) is 13.3 Å². The van der Waals surface area contributed by atoms with Crippen LogP contribution in [-0.4, -0.2) is 50.7 Å². The van der Waals surface area contributed by atoms with E-state index in [1.807, 2.05) is 6.92 Å². The van der Waals surface area contributed by atoms with Crippen molar-refractivity contribution in [1.82, 2.24) is 0 Å². The van der Waals surface area contributed by atoms with Gasteiger partial charge < -0.3 is 19.3 Å². The third-order valence-corrected chi connectivity index (χ3v) is 1.35.